The van der Waals surface area contributed by atoms with Gasteiger partial charge in [-0.15, -0.1) is 0 Å². The summed E-state index contributed by atoms with van der Waals surface area (Å²) in [4.78, 5) is 27.9. The monoisotopic (exact) mass is 585 g/mol. The molecule has 2 aromatic carbocycles. The van der Waals surface area contributed by atoms with Crippen molar-refractivity contribution in [3.8, 4) is 0 Å². The van der Waals surface area contributed by atoms with Crippen LogP contribution in [-0.4, -0.2) is 50.5 Å². The van der Waals surface area contributed by atoms with Crippen LogP contribution >= 0.6 is 22.6 Å². The van der Waals surface area contributed by atoms with E-state index < -0.39 is 22.0 Å². The van der Waals surface area contributed by atoms with Gasteiger partial charge in [0.25, 0.3) is 0 Å². The number of hydrogen-bond acceptors (Lipinski definition) is 4. The van der Waals surface area contributed by atoms with Crippen molar-refractivity contribution in [2.45, 2.75) is 46.2 Å². The number of halogens is 1. The van der Waals surface area contributed by atoms with Gasteiger partial charge in [-0.1, -0.05) is 43.7 Å². The molecule has 2 rings (SSSR count). The minimum atomic E-state index is -3.72. The molecule has 0 fully saturated rings. The van der Waals surface area contributed by atoms with Crippen LogP contribution in [0, 0.1) is 10.5 Å². The SMILES string of the molecule is CCCNC(=O)[C@H](CC)N(Cc1ccc(C)cc1)C(=O)CN(c1ccc(I)cc1)S(C)(=O)=O. The summed E-state index contributed by atoms with van der Waals surface area (Å²) in [5.74, 6) is -0.668. The molecule has 0 bridgehead atoms. The van der Waals surface area contributed by atoms with E-state index in [-0.39, 0.29) is 19.0 Å². The van der Waals surface area contributed by atoms with Crippen molar-refractivity contribution in [2.24, 2.45) is 0 Å². The van der Waals surface area contributed by atoms with Gasteiger partial charge in [-0.25, -0.2) is 8.42 Å². The highest BCUT2D eigenvalue weighted by molar-refractivity contribution is 14.1. The topological polar surface area (TPSA) is 86.8 Å². The van der Waals surface area contributed by atoms with E-state index in [2.05, 4.69) is 27.9 Å². The third-order valence-electron chi connectivity index (χ3n) is 5.20. The lowest BCUT2D eigenvalue weighted by Crippen LogP contribution is -2.52. The highest BCUT2D eigenvalue weighted by Crippen LogP contribution is 2.21. The van der Waals surface area contributed by atoms with Crippen molar-refractivity contribution < 1.29 is 18.0 Å². The molecule has 0 aliphatic carbocycles. The second-order valence-electron chi connectivity index (χ2n) is 7.97. The van der Waals surface area contributed by atoms with E-state index in [1.54, 1.807) is 24.3 Å². The van der Waals surface area contributed by atoms with Crippen LogP contribution in [-0.2, 0) is 26.2 Å². The molecule has 0 radical (unpaired) electrons. The molecule has 1 atom stereocenters. The van der Waals surface area contributed by atoms with Crippen molar-refractivity contribution in [1.29, 1.82) is 0 Å². The van der Waals surface area contributed by atoms with Crippen LogP contribution in [0.15, 0.2) is 48.5 Å². The van der Waals surface area contributed by atoms with Crippen molar-refractivity contribution in [3.05, 3.63) is 63.2 Å². The van der Waals surface area contributed by atoms with Gasteiger partial charge >= 0.3 is 0 Å². The number of carbonyl (C=O) groups is 2. The number of nitrogens with zero attached hydrogens (tertiary/aromatic N) is 2. The van der Waals surface area contributed by atoms with Crippen LogP contribution in [0.3, 0.4) is 0 Å². The zero-order valence-corrected chi connectivity index (χ0v) is 22.5. The Morgan fingerprint density at radius 3 is 2.15 bits per heavy atom. The summed E-state index contributed by atoms with van der Waals surface area (Å²) in [6.45, 7) is 6.12. The first kappa shape index (κ1) is 27.1. The number of sulfonamides is 1. The Hall–Kier alpha value is -2.14. The van der Waals surface area contributed by atoms with Gasteiger partial charge in [0, 0.05) is 16.7 Å². The van der Waals surface area contributed by atoms with E-state index in [4.69, 9.17) is 0 Å². The Morgan fingerprint density at radius 2 is 1.64 bits per heavy atom. The van der Waals surface area contributed by atoms with E-state index in [0.29, 0.717) is 18.7 Å². The van der Waals surface area contributed by atoms with Crippen molar-refractivity contribution in [1.82, 2.24) is 10.2 Å². The first-order chi connectivity index (χ1) is 15.6. The van der Waals surface area contributed by atoms with Crippen LogP contribution in [0.2, 0.25) is 0 Å². The number of amides is 2. The predicted octanol–water partition coefficient (Wildman–Crippen LogP) is 3.70. The molecule has 0 aromatic heterocycles. The normalized spacial score (nSPS) is 12.2. The third-order valence-corrected chi connectivity index (χ3v) is 7.06. The van der Waals surface area contributed by atoms with Gasteiger partial charge in [0.2, 0.25) is 21.8 Å². The number of aryl methyl sites for hydroxylation is 1. The largest absolute Gasteiger partial charge is 0.354 e. The van der Waals surface area contributed by atoms with Gasteiger partial charge in [-0.2, -0.15) is 0 Å². The Bertz CT molecular complexity index is 1040. The maximum Gasteiger partial charge on any atom is 0.244 e. The van der Waals surface area contributed by atoms with Gasteiger partial charge < -0.3 is 10.2 Å². The maximum absolute atomic E-state index is 13.5. The molecule has 1 N–H and O–H groups in total. The van der Waals surface area contributed by atoms with Crippen LogP contribution in [0.25, 0.3) is 0 Å². The molecular formula is C24H32IN3O4S. The second kappa shape index (κ2) is 12.4. The summed E-state index contributed by atoms with van der Waals surface area (Å²) in [6.07, 6.45) is 2.27. The molecule has 2 amide bonds. The highest BCUT2D eigenvalue weighted by Gasteiger charge is 2.31. The first-order valence-corrected chi connectivity index (χ1v) is 13.9. The lowest BCUT2D eigenvalue weighted by Gasteiger charge is -2.33. The molecule has 0 aliphatic rings. The summed E-state index contributed by atoms with van der Waals surface area (Å²) >= 11 is 2.14. The molecule has 0 aliphatic heterocycles. The van der Waals surface area contributed by atoms with Crippen molar-refractivity contribution in [2.75, 3.05) is 23.7 Å². The average molecular weight is 586 g/mol. The molecule has 180 valence electrons. The minimum Gasteiger partial charge on any atom is -0.354 e. The smallest absolute Gasteiger partial charge is 0.244 e. The number of hydrogen-bond donors (Lipinski definition) is 1. The number of nitrogens with one attached hydrogen (secondary N) is 1. The Labute approximate surface area is 210 Å². The number of carbonyl (C=O) groups excluding carboxylic acids is 2. The van der Waals surface area contributed by atoms with Gasteiger partial charge in [0.05, 0.1) is 11.9 Å². The summed E-state index contributed by atoms with van der Waals surface area (Å²) in [7, 11) is -3.72. The lowest BCUT2D eigenvalue weighted by molar-refractivity contribution is -0.140. The third kappa shape index (κ3) is 7.99. The van der Waals surface area contributed by atoms with E-state index in [9.17, 15) is 18.0 Å². The second-order valence-corrected chi connectivity index (χ2v) is 11.1. The molecule has 9 heteroatoms. The molecule has 7 nitrogen and oxygen atoms in total. The molecule has 0 heterocycles. The maximum atomic E-state index is 13.5. The van der Waals surface area contributed by atoms with Crippen molar-refractivity contribution in [3.63, 3.8) is 0 Å². The molecule has 0 saturated carbocycles. The molecule has 2 aromatic rings. The summed E-state index contributed by atoms with van der Waals surface area (Å²) < 4.78 is 27.2. The van der Waals surface area contributed by atoms with E-state index in [1.165, 1.54) is 4.90 Å². The van der Waals surface area contributed by atoms with Crippen LogP contribution in [0.4, 0.5) is 5.69 Å². The van der Waals surface area contributed by atoms with E-state index in [0.717, 1.165) is 31.7 Å². The van der Waals surface area contributed by atoms with E-state index in [1.807, 2.05) is 45.0 Å². The highest BCUT2D eigenvalue weighted by atomic mass is 127. The Kier molecular flexibility index (Phi) is 10.2. The number of rotatable bonds is 11. The zero-order valence-electron chi connectivity index (χ0n) is 19.5. The molecular weight excluding hydrogens is 553 g/mol. The quantitative estimate of drug-likeness (QED) is 0.408. The fraction of sp³-hybridized carbons (Fsp3) is 0.417. The standard InChI is InChI=1S/C24H32IN3O4S/c1-5-15-26-24(30)22(6-2)27(16-19-9-7-18(3)8-10-19)23(29)17-28(33(4,31)32)21-13-11-20(25)12-14-21/h7-14,22H,5-6,15-17H2,1-4H3,(H,26,30)/t22-/m0/s1. The fourth-order valence-electron chi connectivity index (χ4n) is 3.40. The Morgan fingerprint density at radius 1 is 1.03 bits per heavy atom. The first-order valence-electron chi connectivity index (χ1n) is 10.9. The summed E-state index contributed by atoms with van der Waals surface area (Å²) in [6, 6.07) is 13.9. The molecule has 0 saturated heterocycles. The van der Waals surface area contributed by atoms with Crippen LogP contribution in [0.5, 0.6) is 0 Å². The number of anilines is 1. The fourth-order valence-corrected chi connectivity index (χ4v) is 4.61. The van der Waals surface area contributed by atoms with Gasteiger partial charge in [-0.3, -0.25) is 13.9 Å². The van der Waals surface area contributed by atoms with Crippen molar-refractivity contribution >= 4 is 50.1 Å². The van der Waals surface area contributed by atoms with Crippen LogP contribution < -0.4 is 9.62 Å². The van der Waals surface area contributed by atoms with Gasteiger partial charge in [0.1, 0.15) is 12.6 Å². The summed E-state index contributed by atoms with van der Waals surface area (Å²) in [5, 5.41) is 2.87. The minimum absolute atomic E-state index is 0.210. The van der Waals surface area contributed by atoms with E-state index >= 15 is 0 Å². The average Bonchev–Trinajstić information content (AvgIpc) is 2.77. The molecule has 0 unspecified atom stereocenters. The van der Waals surface area contributed by atoms with Gasteiger partial charge in [-0.05, 0) is 72.2 Å². The summed E-state index contributed by atoms with van der Waals surface area (Å²) in [5.41, 5.74) is 2.37. The lowest BCUT2D eigenvalue weighted by atomic mass is 10.1. The molecule has 33 heavy (non-hydrogen) atoms. The number of benzene rings is 2. The predicted molar refractivity (Wildman–Crippen MR) is 140 cm³/mol. The molecule has 0 spiro atoms. The van der Waals surface area contributed by atoms with Crippen LogP contribution in [0.1, 0.15) is 37.8 Å². The Balaban J connectivity index is 2.39. The van der Waals surface area contributed by atoms with Gasteiger partial charge in [0.15, 0.2) is 0 Å². The zero-order chi connectivity index (χ0) is 24.6.